The maximum absolute atomic E-state index is 12.4. The Morgan fingerprint density at radius 2 is 1.12 bits per heavy atom. The van der Waals surface area contributed by atoms with E-state index in [0.29, 0.717) is 24.1 Å². The Kier molecular flexibility index (Phi) is 14.8. The average Bonchev–Trinajstić information content (AvgIpc) is 4.01. The summed E-state index contributed by atoms with van der Waals surface area (Å²) >= 11 is 3.43. The van der Waals surface area contributed by atoms with Crippen LogP contribution in [0, 0.1) is 0 Å². The molecule has 2 atom stereocenters. The van der Waals surface area contributed by atoms with Gasteiger partial charge in [0.25, 0.3) is 0 Å². The number of thiophene rings is 2. The number of amides is 2. The van der Waals surface area contributed by atoms with E-state index in [4.69, 9.17) is 18.9 Å². The van der Waals surface area contributed by atoms with Crippen molar-refractivity contribution >= 4 is 61.6 Å². The van der Waals surface area contributed by atoms with E-state index >= 15 is 0 Å². The molecule has 4 aromatic rings. The molecule has 16 heteroatoms. The molecule has 2 fully saturated rings. The first-order valence-electron chi connectivity index (χ1n) is 23.4. The minimum atomic E-state index is -0.514. The zero-order valence-corrected chi connectivity index (χ0v) is 40.6. The van der Waals surface area contributed by atoms with Gasteiger partial charge in [-0.2, -0.15) is 0 Å². The Labute approximate surface area is 385 Å². The summed E-state index contributed by atoms with van der Waals surface area (Å²) in [6, 6.07) is 0. The molecule has 4 aromatic heterocycles. The lowest BCUT2D eigenvalue weighted by atomic mass is 9.78. The number of alkyl carbamates (subject to hydrolysis) is 2. The summed E-state index contributed by atoms with van der Waals surface area (Å²) in [5, 5.41) is 17.8. The van der Waals surface area contributed by atoms with Crippen LogP contribution < -0.4 is 20.1 Å². The number of ether oxygens (including phenoxy) is 4. The number of carbonyl (C=O) groups is 3. The molecule has 0 saturated heterocycles. The van der Waals surface area contributed by atoms with E-state index in [0.717, 1.165) is 123 Å². The molecule has 2 saturated carbocycles. The summed E-state index contributed by atoms with van der Waals surface area (Å²) in [6.45, 7) is 15.7. The van der Waals surface area contributed by atoms with Gasteiger partial charge in [0.05, 0.1) is 10.8 Å². The van der Waals surface area contributed by atoms with Gasteiger partial charge < -0.3 is 39.5 Å². The summed E-state index contributed by atoms with van der Waals surface area (Å²) in [6.07, 6.45) is 17.4. The highest BCUT2D eigenvalue weighted by Gasteiger charge is 2.40. The number of nitrogens with zero attached hydrogens (tertiary/aromatic N) is 4. The Morgan fingerprint density at radius 3 is 1.52 bits per heavy atom. The molecule has 4 aliphatic rings. The molecular formula is C48H68N6O8S2. The van der Waals surface area contributed by atoms with Gasteiger partial charge in [0, 0.05) is 33.9 Å². The lowest BCUT2D eigenvalue weighted by Gasteiger charge is -2.40. The third kappa shape index (κ3) is 11.1. The zero-order chi connectivity index (χ0) is 45.9. The molecular weight excluding hydrogens is 853 g/mol. The van der Waals surface area contributed by atoms with Gasteiger partial charge in [-0.25, -0.2) is 29.5 Å². The first kappa shape index (κ1) is 47.8. The lowest BCUT2D eigenvalue weighted by molar-refractivity contribution is -0.108. The van der Waals surface area contributed by atoms with Crippen LogP contribution in [0.1, 0.15) is 178 Å². The van der Waals surface area contributed by atoms with Crippen LogP contribution in [-0.4, -0.2) is 84.6 Å². The van der Waals surface area contributed by atoms with Crippen LogP contribution in [0.15, 0.2) is 12.7 Å². The number of aliphatic hydroxyl groups is 1. The van der Waals surface area contributed by atoms with E-state index in [1.807, 2.05) is 41.5 Å². The van der Waals surface area contributed by atoms with Crippen molar-refractivity contribution in [2.75, 3.05) is 6.61 Å². The van der Waals surface area contributed by atoms with E-state index in [1.54, 1.807) is 35.3 Å². The molecule has 4 aliphatic carbocycles. The van der Waals surface area contributed by atoms with Crippen molar-refractivity contribution in [1.82, 2.24) is 30.6 Å². The lowest BCUT2D eigenvalue weighted by Crippen LogP contribution is -2.52. The van der Waals surface area contributed by atoms with E-state index in [1.165, 1.54) is 20.9 Å². The van der Waals surface area contributed by atoms with Crippen LogP contribution in [0.4, 0.5) is 9.59 Å². The number of rotatable bonds is 12. The molecule has 64 heavy (non-hydrogen) atoms. The number of fused-ring (bicyclic) bond motifs is 6. The third-order valence-corrected chi connectivity index (χ3v) is 15.8. The Balaban J connectivity index is 0.000000191. The second-order valence-corrected chi connectivity index (χ2v) is 22.3. The van der Waals surface area contributed by atoms with Crippen molar-refractivity contribution in [1.29, 1.82) is 0 Å². The first-order chi connectivity index (χ1) is 30.5. The highest BCUT2D eigenvalue weighted by molar-refractivity contribution is 7.19. The largest absolute Gasteiger partial charge is 0.474 e. The quantitative estimate of drug-likeness (QED) is 0.114. The number of aromatic nitrogens is 4. The van der Waals surface area contributed by atoms with Crippen molar-refractivity contribution in [2.24, 2.45) is 0 Å². The predicted octanol–water partition coefficient (Wildman–Crippen LogP) is 10.4. The fourth-order valence-electron chi connectivity index (χ4n) is 10.1. The minimum absolute atomic E-state index is 0.0367. The Hall–Kier alpha value is -4.15. The van der Waals surface area contributed by atoms with Crippen molar-refractivity contribution in [3.63, 3.8) is 0 Å². The monoisotopic (exact) mass is 920 g/mol. The van der Waals surface area contributed by atoms with Gasteiger partial charge in [-0.1, -0.05) is 13.8 Å². The first-order valence-corrected chi connectivity index (χ1v) is 25.0. The van der Waals surface area contributed by atoms with E-state index in [2.05, 4.69) is 44.4 Å². The molecule has 4 heterocycles. The molecule has 14 nitrogen and oxygen atoms in total. The molecule has 0 spiro atoms. The van der Waals surface area contributed by atoms with E-state index in [-0.39, 0.29) is 48.0 Å². The molecule has 0 aromatic carbocycles. The van der Waals surface area contributed by atoms with Crippen LogP contribution in [-0.2, 0) is 27.1 Å². The number of hydrogen-bond acceptors (Lipinski definition) is 14. The number of hydrogen-bond donors (Lipinski definition) is 3. The van der Waals surface area contributed by atoms with Gasteiger partial charge in [-0.3, -0.25) is 0 Å². The van der Waals surface area contributed by atoms with Crippen LogP contribution in [0.5, 0.6) is 11.8 Å². The number of aldehydes is 1. The highest BCUT2D eigenvalue weighted by atomic mass is 32.1. The SMILES string of the molecule is CCC1(NC(=O)OC(C)(C)C)CCC(Oc2ncnc3sc4c(c23)[C@@H](CC=O)CC4)CC1.CCC1(NC(=O)OC(C)(C)C)CCC(Oc2ncnc3sc4c(c23)[C@@H](CCO)CC4)CC1. The van der Waals surface area contributed by atoms with Crippen LogP contribution in [0.25, 0.3) is 20.4 Å². The summed E-state index contributed by atoms with van der Waals surface area (Å²) in [5.41, 5.74) is 0.978. The fourth-order valence-corrected chi connectivity index (χ4v) is 12.5. The Bertz CT molecular complexity index is 2270. The van der Waals surface area contributed by atoms with E-state index in [9.17, 15) is 19.5 Å². The summed E-state index contributed by atoms with van der Waals surface area (Å²) < 4.78 is 23.8. The third-order valence-electron chi connectivity index (χ3n) is 13.5. The standard InChI is InChI=1S/C24H35N3O4S.C24H33N3O4S/c2*1-5-24(27-22(29)31-23(2,3)4)11-8-16(9-12-24)30-20-19-18-15(10-13-28)6-7-17(18)32-21(19)26-14-25-20/h14-16,28H,5-13H2,1-4H3,(H,27,29);13-16H,5-12H2,1-4H3,(H,27,29)/t2*15-,16?,24?/m11/s1. The predicted molar refractivity (Wildman–Crippen MR) is 250 cm³/mol. The van der Waals surface area contributed by atoms with Gasteiger partial charge >= 0.3 is 12.2 Å². The van der Waals surface area contributed by atoms with Gasteiger partial charge in [-0.15, -0.1) is 22.7 Å². The molecule has 3 N–H and O–H groups in total. The smallest absolute Gasteiger partial charge is 0.408 e. The average molecular weight is 921 g/mol. The minimum Gasteiger partial charge on any atom is -0.474 e. The molecule has 8 rings (SSSR count). The van der Waals surface area contributed by atoms with E-state index < -0.39 is 11.2 Å². The summed E-state index contributed by atoms with van der Waals surface area (Å²) in [4.78, 5) is 58.5. The zero-order valence-electron chi connectivity index (χ0n) is 39.0. The van der Waals surface area contributed by atoms with Gasteiger partial charge in [-0.05, 0) is 161 Å². The molecule has 0 radical (unpaired) electrons. The second-order valence-electron chi connectivity index (χ2n) is 20.1. The maximum Gasteiger partial charge on any atom is 0.408 e. The van der Waals surface area contributed by atoms with Gasteiger partial charge in [0.15, 0.2) is 0 Å². The van der Waals surface area contributed by atoms with Crippen molar-refractivity contribution in [2.45, 2.75) is 204 Å². The fraction of sp³-hybridized carbons (Fsp3) is 0.688. The summed E-state index contributed by atoms with van der Waals surface area (Å²) in [7, 11) is 0. The molecule has 0 aliphatic heterocycles. The van der Waals surface area contributed by atoms with Crippen LogP contribution >= 0.6 is 22.7 Å². The molecule has 0 unspecified atom stereocenters. The Morgan fingerprint density at radius 1 is 0.703 bits per heavy atom. The molecule has 0 bridgehead atoms. The van der Waals surface area contributed by atoms with Gasteiger partial charge in [0.1, 0.15) is 52.0 Å². The number of aliphatic hydroxyl groups excluding tert-OH is 1. The molecule has 350 valence electrons. The topological polar surface area (TPSA) is 184 Å². The van der Waals surface area contributed by atoms with Crippen LogP contribution in [0.2, 0.25) is 0 Å². The van der Waals surface area contributed by atoms with Crippen molar-refractivity contribution in [3.05, 3.63) is 33.5 Å². The number of carbonyl (C=O) groups excluding carboxylic acids is 3. The normalized spacial score (nSPS) is 25.5. The van der Waals surface area contributed by atoms with Crippen LogP contribution in [0.3, 0.4) is 0 Å². The summed E-state index contributed by atoms with van der Waals surface area (Å²) in [5.74, 6) is 1.90. The number of nitrogens with one attached hydrogen (secondary N) is 2. The van der Waals surface area contributed by atoms with Crippen molar-refractivity contribution < 1.29 is 38.4 Å². The van der Waals surface area contributed by atoms with Gasteiger partial charge in [0.2, 0.25) is 11.8 Å². The van der Waals surface area contributed by atoms with Crippen molar-refractivity contribution in [3.8, 4) is 11.8 Å². The molecule has 2 amide bonds. The second kappa shape index (κ2) is 19.8. The highest BCUT2D eigenvalue weighted by Crippen LogP contribution is 2.49. The maximum atomic E-state index is 12.4. The number of aryl methyl sites for hydroxylation is 2.